The van der Waals surface area contributed by atoms with Crippen LogP contribution in [0.15, 0.2) is 42.6 Å². The number of benzene rings is 1. The van der Waals surface area contributed by atoms with E-state index in [1.54, 1.807) is 36.4 Å². The Bertz CT molecular complexity index is 613. The molecule has 0 saturated heterocycles. The normalized spacial score (nSPS) is 9.47. The average Bonchev–Trinajstić information content (AvgIpc) is 2.48. The molecule has 5 nitrogen and oxygen atoms in total. The van der Waals surface area contributed by atoms with E-state index in [2.05, 4.69) is 9.72 Å². The molecule has 1 aromatic carbocycles. The van der Waals surface area contributed by atoms with Crippen molar-refractivity contribution >= 4 is 5.97 Å². The summed E-state index contributed by atoms with van der Waals surface area (Å²) in [5.74, 6) is 0.690. The third kappa shape index (κ3) is 3.07. The molecule has 19 heavy (non-hydrogen) atoms. The van der Waals surface area contributed by atoms with E-state index < -0.39 is 5.97 Å². The molecule has 0 N–H and O–H groups in total. The molecular formula is C14H10N2O3. The van der Waals surface area contributed by atoms with E-state index in [9.17, 15) is 4.79 Å². The summed E-state index contributed by atoms with van der Waals surface area (Å²) in [6.45, 7) is 0. The van der Waals surface area contributed by atoms with E-state index in [4.69, 9.17) is 10.00 Å². The lowest BCUT2D eigenvalue weighted by molar-refractivity contribution is 0.0600. The van der Waals surface area contributed by atoms with Gasteiger partial charge in [0.25, 0.3) is 0 Å². The van der Waals surface area contributed by atoms with Crippen LogP contribution in [0.5, 0.6) is 11.5 Å². The Kier molecular flexibility index (Phi) is 3.74. The Balaban J connectivity index is 2.10. The van der Waals surface area contributed by atoms with Gasteiger partial charge in [-0.3, -0.25) is 0 Å². The SMILES string of the molecule is COC(=O)c1ccc(Oc2ccc(C#N)nc2)cc1. The van der Waals surface area contributed by atoms with Crippen LogP contribution in [0.25, 0.3) is 0 Å². The summed E-state index contributed by atoms with van der Waals surface area (Å²) >= 11 is 0. The molecule has 0 aliphatic heterocycles. The van der Waals surface area contributed by atoms with E-state index in [0.717, 1.165) is 0 Å². The lowest BCUT2D eigenvalue weighted by Gasteiger charge is -2.05. The van der Waals surface area contributed by atoms with Gasteiger partial charge in [-0.15, -0.1) is 0 Å². The molecule has 0 fully saturated rings. The van der Waals surface area contributed by atoms with E-state index in [1.165, 1.54) is 13.3 Å². The third-order valence-electron chi connectivity index (χ3n) is 2.36. The molecule has 0 atom stereocenters. The fourth-order valence-corrected chi connectivity index (χ4v) is 1.42. The molecule has 0 unspecified atom stereocenters. The Morgan fingerprint density at radius 3 is 2.37 bits per heavy atom. The molecule has 0 bridgehead atoms. The lowest BCUT2D eigenvalue weighted by Crippen LogP contribution is -2.00. The molecule has 1 aromatic heterocycles. The van der Waals surface area contributed by atoms with Crippen LogP contribution in [0.2, 0.25) is 0 Å². The summed E-state index contributed by atoms with van der Waals surface area (Å²) in [7, 11) is 1.33. The predicted octanol–water partition coefficient (Wildman–Crippen LogP) is 2.53. The van der Waals surface area contributed by atoms with Crippen molar-refractivity contribution < 1.29 is 14.3 Å². The van der Waals surface area contributed by atoms with Crippen LogP contribution in [0.3, 0.4) is 0 Å². The average molecular weight is 254 g/mol. The van der Waals surface area contributed by atoms with Gasteiger partial charge >= 0.3 is 5.97 Å². The Labute approximate surface area is 110 Å². The summed E-state index contributed by atoms with van der Waals surface area (Å²) in [6, 6.07) is 11.7. The molecule has 0 spiro atoms. The maximum Gasteiger partial charge on any atom is 0.337 e. The van der Waals surface area contributed by atoms with Gasteiger partial charge in [0.1, 0.15) is 23.3 Å². The fourth-order valence-electron chi connectivity index (χ4n) is 1.42. The smallest absolute Gasteiger partial charge is 0.337 e. The number of carbonyl (C=O) groups is 1. The van der Waals surface area contributed by atoms with Gasteiger partial charge in [-0.1, -0.05) is 0 Å². The molecule has 1 heterocycles. The van der Waals surface area contributed by atoms with Crippen LogP contribution < -0.4 is 4.74 Å². The van der Waals surface area contributed by atoms with Crippen molar-refractivity contribution in [1.29, 1.82) is 5.26 Å². The van der Waals surface area contributed by atoms with Gasteiger partial charge in [-0.25, -0.2) is 9.78 Å². The van der Waals surface area contributed by atoms with Gasteiger partial charge in [-0.05, 0) is 36.4 Å². The van der Waals surface area contributed by atoms with Gasteiger partial charge in [0, 0.05) is 0 Å². The van der Waals surface area contributed by atoms with Crippen molar-refractivity contribution in [2.45, 2.75) is 0 Å². The van der Waals surface area contributed by atoms with Gasteiger partial charge in [0.2, 0.25) is 0 Å². The molecule has 0 saturated carbocycles. The van der Waals surface area contributed by atoms with Gasteiger partial charge in [0.15, 0.2) is 0 Å². The number of hydrogen-bond acceptors (Lipinski definition) is 5. The number of esters is 1. The highest BCUT2D eigenvalue weighted by Crippen LogP contribution is 2.21. The van der Waals surface area contributed by atoms with E-state index in [-0.39, 0.29) is 0 Å². The van der Waals surface area contributed by atoms with E-state index in [0.29, 0.717) is 22.8 Å². The van der Waals surface area contributed by atoms with Crippen LogP contribution in [-0.2, 0) is 4.74 Å². The number of nitriles is 1. The first-order valence-corrected chi connectivity index (χ1v) is 5.45. The third-order valence-corrected chi connectivity index (χ3v) is 2.36. The minimum absolute atomic E-state index is 0.327. The van der Waals surface area contributed by atoms with Crippen molar-refractivity contribution in [1.82, 2.24) is 4.98 Å². The molecule has 0 aliphatic rings. The first-order chi connectivity index (χ1) is 9.22. The van der Waals surface area contributed by atoms with Crippen LogP contribution in [-0.4, -0.2) is 18.1 Å². The number of aromatic nitrogens is 1. The summed E-state index contributed by atoms with van der Waals surface area (Å²) in [5, 5.41) is 8.63. The Morgan fingerprint density at radius 1 is 1.16 bits per heavy atom. The zero-order valence-electron chi connectivity index (χ0n) is 10.2. The van der Waals surface area contributed by atoms with Gasteiger partial charge in [0.05, 0.1) is 18.9 Å². The predicted molar refractivity (Wildman–Crippen MR) is 66.8 cm³/mol. The number of carbonyl (C=O) groups excluding carboxylic acids is 1. The molecule has 94 valence electrons. The molecular weight excluding hydrogens is 244 g/mol. The Morgan fingerprint density at radius 2 is 1.84 bits per heavy atom. The molecule has 0 amide bonds. The number of hydrogen-bond donors (Lipinski definition) is 0. The molecule has 2 rings (SSSR count). The quantitative estimate of drug-likeness (QED) is 0.787. The molecule has 0 aliphatic carbocycles. The first kappa shape index (κ1) is 12.6. The van der Waals surface area contributed by atoms with Gasteiger partial charge in [-0.2, -0.15) is 5.26 Å². The number of pyridine rings is 1. The zero-order chi connectivity index (χ0) is 13.7. The topological polar surface area (TPSA) is 72.2 Å². The fraction of sp³-hybridized carbons (Fsp3) is 0.0714. The second-order valence-corrected chi connectivity index (χ2v) is 3.61. The standard InChI is InChI=1S/C14H10N2O3/c1-18-14(17)10-2-5-12(6-3-10)19-13-7-4-11(8-15)16-9-13/h2-7,9H,1H3. The number of ether oxygens (including phenoxy) is 2. The van der Waals surface area contributed by atoms with Crippen LogP contribution in [0.1, 0.15) is 16.1 Å². The maximum absolute atomic E-state index is 11.2. The van der Waals surface area contributed by atoms with Crippen molar-refractivity contribution in [2.24, 2.45) is 0 Å². The van der Waals surface area contributed by atoms with Crippen molar-refractivity contribution in [3.8, 4) is 17.6 Å². The monoisotopic (exact) mass is 254 g/mol. The maximum atomic E-state index is 11.2. The second-order valence-electron chi connectivity index (χ2n) is 3.61. The van der Waals surface area contributed by atoms with Crippen molar-refractivity contribution in [3.63, 3.8) is 0 Å². The summed E-state index contributed by atoms with van der Waals surface area (Å²) in [6.07, 6.45) is 1.47. The largest absolute Gasteiger partial charge is 0.465 e. The highest BCUT2D eigenvalue weighted by Gasteiger charge is 2.05. The highest BCUT2D eigenvalue weighted by molar-refractivity contribution is 5.89. The van der Waals surface area contributed by atoms with Crippen molar-refractivity contribution in [2.75, 3.05) is 7.11 Å². The molecule has 5 heteroatoms. The number of nitrogens with zero attached hydrogens (tertiary/aromatic N) is 2. The molecule has 0 radical (unpaired) electrons. The van der Waals surface area contributed by atoms with E-state index >= 15 is 0 Å². The lowest BCUT2D eigenvalue weighted by atomic mass is 10.2. The highest BCUT2D eigenvalue weighted by atomic mass is 16.5. The van der Waals surface area contributed by atoms with Crippen LogP contribution in [0.4, 0.5) is 0 Å². The molecule has 2 aromatic rings. The summed E-state index contributed by atoms with van der Waals surface area (Å²) in [5.41, 5.74) is 0.779. The Hall–Kier alpha value is -2.87. The van der Waals surface area contributed by atoms with Crippen LogP contribution in [0, 0.1) is 11.3 Å². The summed E-state index contributed by atoms with van der Waals surface area (Å²) < 4.78 is 10.1. The number of methoxy groups -OCH3 is 1. The van der Waals surface area contributed by atoms with Crippen LogP contribution >= 0.6 is 0 Å². The first-order valence-electron chi connectivity index (χ1n) is 5.45. The minimum atomic E-state index is -0.397. The summed E-state index contributed by atoms with van der Waals surface area (Å²) in [4.78, 5) is 15.1. The van der Waals surface area contributed by atoms with E-state index in [1.807, 2.05) is 6.07 Å². The number of rotatable bonds is 3. The zero-order valence-corrected chi connectivity index (χ0v) is 10.2. The van der Waals surface area contributed by atoms with Crippen molar-refractivity contribution in [3.05, 3.63) is 53.9 Å². The minimum Gasteiger partial charge on any atom is -0.465 e. The van der Waals surface area contributed by atoms with Gasteiger partial charge < -0.3 is 9.47 Å². The second kappa shape index (κ2) is 5.65.